The number of amides is 1. The third-order valence-corrected chi connectivity index (χ3v) is 3.13. The van der Waals surface area contributed by atoms with Crippen LogP contribution in [0.3, 0.4) is 0 Å². The van der Waals surface area contributed by atoms with Gasteiger partial charge in [-0.05, 0) is 12.5 Å². The van der Waals surface area contributed by atoms with Gasteiger partial charge >= 0.3 is 0 Å². The van der Waals surface area contributed by atoms with Crippen LogP contribution in [0.15, 0.2) is 12.1 Å². The van der Waals surface area contributed by atoms with Crippen molar-refractivity contribution in [2.75, 3.05) is 0 Å². The third kappa shape index (κ3) is 3.26. The van der Waals surface area contributed by atoms with E-state index in [0.717, 1.165) is 12.1 Å². The molecule has 0 spiro atoms. The molecular formula is C13H16F3NO2. The third-order valence-electron chi connectivity index (χ3n) is 3.13. The highest BCUT2D eigenvalue weighted by Gasteiger charge is 2.30. The van der Waals surface area contributed by atoms with Crippen LogP contribution in [0.25, 0.3) is 0 Å². The van der Waals surface area contributed by atoms with Gasteiger partial charge in [-0.3, -0.25) is 10.0 Å². The van der Waals surface area contributed by atoms with Crippen LogP contribution in [0.1, 0.15) is 32.8 Å². The maximum Gasteiger partial charge on any atom is 0.251 e. The Kier molecular flexibility index (Phi) is 4.57. The zero-order valence-corrected chi connectivity index (χ0v) is 11.0. The summed E-state index contributed by atoms with van der Waals surface area (Å²) in [6, 6.07) is 1.74. The molecule has 0 heterocycles. The summed E-state index contributed by atoms with van der Waals surface area (Å²) >= 11 is 0. The second-order valence-corrected chi connectivity index (χ2v) is 4.93. The van der Waals surface area contributed by atoms with Gasteiger partial charge in [0.15, 0.2) is 17.5 Å². The summed E-state index contributed by atoms with van der Waals surface area (Å²) in [7, 11) is 0. The van der Waals surface area contributed by atoms with Gasteiger partial charge in [-0.15, -0.1) is 0 Å². The van der Waals surface area contributed by atoms with Crippen molar-refractivity contribution in [2.45, 2.75) is 33.7 Å². The van der Waals surface area contributed by atoms with Crippen LogP contribution in [0.2, 0.25) is 0 Å². The van der Waals surface area contributed by atoms with E-state index in [1.54, 1.807) is 20.8 Å². The molecule has 6 heteroatoms. The number of hydrogen-bond acceptors (Lipinski definition) is 2. The predicted molar refractivity (Wildman–Crippen MR) is 62.7 cm³/mol. The van der Waals surface area contributed by atoms with Gasteiger partial charge in [-0.2, -0.15) is 0 Å². The average Bonchev–Trinajstić information content (AvgIpc) is 2.38. The largest absolute Gasteiger partial charge is 0.286 e. The SMILES string of the molecule is CCC(C)(C)C(=O)N(O)Cc1ccc(F)c(F)c1F. The second kappa shape index (κ2) is 5.61. The van der Waals surface area contributed by atoms with Gasteiger partial charge in [0.1, 0.15) is 0 Å². The summed E-state index contributed by atoms with van der Waals surface area (Å²) in [5, 5.41) is 9.94. The molecule has 0 aromatic heterocycles. The topological polar surface area (TPSA) is 40.5 Å². The standard InChI is InChI=1S/C13H16F3NO2/c1-4-13(2,3)12(18)17(19)7-8-5-6-9(14)11(16)10(8)15/h5-6,19H,4,7H2,1-3H3. The molecule has 0 saturated carbocycles. The van der Waals surface area contributed by atoms with E-state index in [9.17, 15) is 23.2 Å². The second-order valence-electron chi connectivity index (χ2n) is 4.93. The summed E-state index contributed by atoms with van der Waals surface area (Å²) in [5.74, 6) is -4.95. The Labute approximate surface area is 109 Å². The van der Waals surface area contributed by atoms with E-state index in [2.05, 4.69) is 0 Å². The number of benzene rings is 1. The Morgan fingerprint density at radius 3 is 2.37 bits per heavy atom. The highest BCUT2D eigenvalue weighted by atomic mass is 19.2. The summed E-state index contributed by atoms with van der Waals surface area (Å²) in [5.41, 5.74) is -1.11. The lowest BCUT2D eigenvalue weighted by atomic mass is 9.89. The smallest absolute Gasteiger partial charge is 0.251 e. The van der Waals surface area contributed by atoms with Crippen LogP contribution in [0.4, 0.5) is 13.2 Å². The quantitative estimate of drug-likeness (QED) is 0.520. The minimum absolute atomic E-state index is 0.290. The van der Waals surface area contributed by atoms with Gasteiger partial charge in [-0.1, -0.05) is 26.8 Å². The molecule has 0 fully saturated rings. The highest BCUT2D eigenvalue weighted by Crippen LogP contribution is 2.24. The Bertz CT molecular complexity index is 489. The molecule has 1 rings (SSSR count). The molecule has 1 N–H and O–H groups in total. The van der Waals surface area contributed by atoms with E-state index < -0.39 is 35.3 Å². The first-order valence-electron chi connectivity index (χ1n) is 5.84. The van der Waals surface area contributed by atoms with Crippen molar-refractivity contribution < 1.29 is 23.2 Å². The van der Waals surface area contributed by atoms with Gasteiger partial charge in [0.05, 0.1) is 6.54 Å². The lowest BCUT2D eigenvalue weighted by Crippen LogP contribution is -2.38. The monoisotopic (exact) mass is 275 g/mol. The van der Waals surface area contributed by atoms with Crippen molar-refractivity contribution >= 4 is 5.91 Å². The minimum Gasteiger partial charge on any atom is -0.286 e. The fourth-order valence-corrected chi connectivity index (χ4v) is 1.42. The number of carbonyl (C=O) groups is 1. The maximum absolute atomic E-state index is 13.4. The maximum atomic E-state index is 13.4. The van der Waals surface area contributed by atoms with Gasteiger partial charge in [0, 0.05) is 11.0 Å². The first kappa shape index (κ1) is 15.5. The van der Waals surface area contributed by atoms with Crippen molar-refractivity contribution in [3.8, 4) is 0 Å². The predicted octanol–water partition coefficient (Wildman–Crippen LogP) is 3.26. The fourth-order valence-electron chi connectivity index (χ4n) is 1.42. The van der Waals surface area contributed by atoms with Crippen LogP contribution in [-0.4, -0.2) is 16.2 Å². The molecule has 0 saturated heterocycles. The van der Waals surface area contributed by atoms with Crippen LogP contribution >= 0.6 is 0 Å². The number of hydroxylamine groups is 2. The van der Waals surface area contributed by atoms with Crippen molar-refractivity contribution in [3.05, 3.63) is 35.1 Å². The van der Waals surface area contributed by atoms with E-state index in [1.165, 1.54) is 0 Å². The van der Waals surface area contributed by atoms with Crippen molar-refractivity contribution in [1.29, 1.82) is 0 Å². The summed E-state index contributed by atoms with van der Waals surface area (Å²) in [6.07, 6.45) is 0.475. The molecular weight excluding hydrogens is 259 g/mol. The Balaban J connectivity index is 2.92. The van der Waals surface area contributed by atoms with Crippen LogP contribution in [0.5, 0.6) is 0 Å². The number of nitrogens with zero attached hydrogens (tertiary/aromatic N) is 1. The highest BCUT2D eigenvalue weighted by molar-refractivity contribution is 5.80. The molecule has 0 aliphatic carbocycles. The fraction of sp³-hybridized carbons (Fsp3) is 0.462. The van der Waals surface area contributed by atoms with E-state index in [4.69, 9.17) is 0 Å². The number of halogens is 3. The zero-order valence-electron chi connectivity index (χ0n) is 11.0. The lowest BCUT2D eigenvalue weighted by molar-refractivity contribution is -0.178. The van der Waals surface area contributed by atoms with Crippen molar-refractivity contribution in [2.24, 2.45) is 5.41 Å². The number of hydrogen-bond donors (Lipinski definition) is 1. The molecule has 1 aromatic rings. The summed E-state index contributed by atoms with van der Waals surface area (Å²) in [4.78, 5) is 11.8. The Morgan fingerprint density at radius 2 is 1.84 bits per heavy atom. The average molecular weight is 275 g/mol. The Morgan fingerprint density at radius 1 is 1.26 bits per heavy atom. The van der Waals surface area contributed by atoms with E-state index in [-0.39, 0.29) is 5.56 Å². The zero-order chi connectivity index (χ0) is 14.8. The van der Waals surface area contributed by atoms with Gasteiger partial charge in [-0.25, -0.2) is 18.2 Å². The molecule has 0 radical (unpaired) electrons. The van der Waals surface area contributed by atoms with E-state index in [1.807, 2.05) is 0 Å². The number of rotatable bonds is 4. The van der Waals surface area contributed by atoms with Crippen molar-refractivity contribution in [3.63, 3.8) is 0 Å². The van der Waals surface area contributed by atoms with Gasteiger partial charge < -0.3 is 0 Å². The lowest BCUT2D eigenvalue weighted by Gasteiger charge is -2.26. The van der Waals surface area contributed by atoms with Gasteiger partial charge in [0.25, 0.3) is 5.91 Å². The van der Waals surface area contributed by atoms with E-state index >= 15 is 0 Å². The van der Waals surface area contributed by atoms with E-state index in [0.29, 0.717) is 11.5 Å². The summed E-state index contributed by atoms with van der Waals surface area (Å²) in [6.45, 7) is 4.48. The minimum atomic E-state index is -1.62. The first-order chi connectivity index (χ1) is 8.70. The molecule has 106 valence electrons. The van der Waals surface area contributed by atoms with Crippen LogP contribution < -0.4 is 0 Å². The Hall–Kier alpha value is -1.56. The summed E-state index contributed by atoms with van der Waals surface area (Å²) < 4.78 is 39.1. The molecule has 0 bridgehead atoms. The van der Waals surface area contributed by atoms with Crippen LogP contribution in [-0.2, 0) is 11.3 Å². The molecule has 1 aromatic carbocycles. The normalized spacial score (nSPS) is 11.5. The van der Waals surface area contributed by atoms with Crippen molar-refractivity contribution in [1.82, 2.24) is 5.06 Å². The molecule has 3 nitrogen and oxygen atoms in total. The molecule has 0 unspecified atom stereocenters. The molecule has 0 aliphatic rings. The molecule has 0 atom stereocenters. The molecule has 1 amide bonds. The van der Waals surface area contributed by atoms with Crippen LogP contribution in [0, 0.1) is 22.9 Å². The molecule has 19 heavy (non-hydrogen) atoms. The first-order valence-corrected chi connectivity index (χ1v) is 5.84. The van der Waals surface area contributed by atoms with Gasteiger partial charge in [0.2, 0.25) is 0 Å². The molecule has 0 aliphatic heterocycles. The number of carbonyl (C=O) groups excluding carboxylic acids is 1.